The van der Waals surface area contributed by atoms with Crippen LogP contribution in [0.25, 0.3) is 0 Å². The van der Waals surface area contributed by atoms with Crippen molar-refractivity contribution in [2.75, 3.05) is 37.6 Å². The number of hydrogen-bond acceptors (Lipinski definition) is 3. The summed E-state index contributed by atoms with van der Waals surface area (Å²) in [6.07, 6.45) is 0. The summed E-state index contributed by atoms with van der Waals surface area (Å²) in [6.45, 7) is 5.41. The summed E-state index contributed by atoms with van der Waals surface area (Å²) in [7, 11) is 0. The monoisotopic (exact) mass is 409 g/mol. The molecule has 1 saturated heterocycles. The summed E-state index contributed by atoms with van der Waals surface area (Å²) in [5.74, 6) is -0.271. The maximum atomic E-state index is 13.0. The van der Waals surface area contributed by atoms with E-state index in [-0.39, 0.29) is 17.8 Å². The van der Waals surface area contributed by atoms with Gasteiger partial charge in [0.05, 0.1) is 12.6 Å². The standard InChI is InChI=1S/C20H22Cl2FN3O/c1-14(18-7-2-15(21)12-19(18)22)24-20(27)13-25-8-10-26(11-9-25)17-5-3-16(23)4-6-17/h2-7,12,14H,8-11,13H2,1H3,(H,24,27). The van der Waals surface area contributed by atoms with Crippen molar-refractivity contribution in [2.45, 2.75) is 13.0 Å². The predicted octanol–water partition coefficient (Wildman–Crippen LogP) is 4.13. The molecule has 3 rings (SSSR count). The summed E-state index contributed by atoms with van der Waals surface area (Å²) < 4.78 is 13.0. The average molecular weight is 410 g/mol. The van der Waals surface area contributed by atoms with Gasteiger partial charge in [-0.15, -0.1) is 0 Å². The number of nitrogens with zero attached hydrogens (tertiary/aromatic N) is 2. The molecule has 1 amide bonds. The fourth-order valence-corrected chi connectivity index (χ4v) is 3.81. The minimum Gasteiger partial charge on any atom is -0.369 e. The molecule has 1 fully saturated rings. The van der Waals surface area contributed by atoms with E-state index in [1.807, 2.05) is 13.0 Å². The van der Waals surface area contributed by atoms with Gasteiger partial charge >= 0.3 is 0 Å². The van der Waals surface area contributed by atoms with Crippen LogP contribution >= 0.6 is 23.2 Å². The van der Waals surface area contributed by atoms with Crippen molar-refractivity contribution in [2.24, 2.45) is 0 Å². The van der Waals surface area contributed by atoms with Crippen LogP contribution < -0.4 is 10.2 Å². The van der Waals surface area contributed by atoms with Gasteiger partial charge in [0.2, 0.25) is 5.91 Å². The lowest BCUT2D eigenvalue weighted by Gasteiger charge is -2.35. The first-order valence-electron chi connectivity index (χ1n) is 8.89. The number of anilines is 1. The Balaban J connectivity index is 1.48. The number of carbonyl (C=O) groups excluding carboxylic acids is 1. The Morgan fingerprint density at radius 3 is 2.41 bits per heavy atom. The van der Waals surface area contributed by atoms with E-state index >= 15 is 0 Å². The van der Waals surface area contributed by atoms with E-state index in [0.717, 1.165) is 37.4 Å². The van der Waals surface area contributed by atoms with Crippen LogP contribution in [0.4, 0.5) is 10.1 Å². The van der Waals surface area contributed by atoms with Crippen LogP contribution in [0.5, 0.6) is 0 Å². The molecule has 0 aromatic heterocycles. The smallest absolute Gasteiger partial charge is 0.234 e. The molecule has 0 spiro atoms. The third-order valence-corrected chi connectivity index (χ3v) is 5.30. The molecule has 2 aromatic rings. The second kappa shape index (κ2) is 8.91. The highest BCUT2D eigenvalue weighted by molar-refractivity contribution is 6.35. The van der Waals surface area contributed by atoms with Crippen molar-refractivity contribution >= 4 is 34.8 Å². The van der Waals surface area contributed by atoms with E-state index in [2.05, 4.69) is 15.1 Å². The van der Waals surface area contributed by atoms with E-state index in [1.54, 1.807) is 24.3 Å². The lowest BCUT2D eigenvalue weighted by Crippen LogP contribution is -2.49. The zero-order chi connectivity index (χ0) is 19.4. The Hall–Kier alpha value is -1.82. The highest BCUT2D eigenvalue weighted by Gasteiger charge is 2.20. The maximum Gasteiger partial charge on any atom is 0.234 e. The lowest BCUT2D eigenvalue weighted by molar-refractivity contribution is -0.123. The molecule has 27 heavy (non-hydrogen) atoms. The van der Waals surface area contributed by atoms with Crippen LogP contribution in [0.1, 0.15) is 18.5 Å². The van der Waals surface area contributed by atoms with E-state index in [0.29, 0.717) is 16.6 Å². The Morgan fingerprint density at radius 2 is 1.78 bits per heavy atom. The van der Waals surface area contributed by atoms with Gasteiger partial charge < -0.3 is 10.2 Å². The number of carbonyl (C=O) groups is 1. The molecule has 2 aromatic carbocycles. The average Bonchev–Trinajstić information content (AvgIpc) is 2.63. The quantitative estimate of drug-likeness (QED) is 0.805. The number of nitrogens with one attached hydrogen (secondary N) is 1. The summed E-state index contributed by atoms with van der Waals surface area (Å²) in [5.41, 5.74) is 1.85. The summed E-state index contributed by atoms with van der Waals surface area (Å²) in [4.78, 5) is 16.7. The highest BCUT2D eigenvalue weighted by Crippen LogP contribution is 2.26. The minimum atomic E-state index is -0.232. The zero-order valence-corrected chi connectivity index (χ0v) is 16.6. The maximum absolute atomic E-state index is 13.0. The molecule has 0 aliphatic carbocycles. The van der Waals surface area contributed by atoms with Crippen molar-refractivity contribution < 1.29 is 9.18 Å². The van der Waals surface area contributed by atoms with Gasteiger partial charge in [-0.3, -0.25) is 9.69 Å². The number of amides is 1. The Morgan fingerprint density at radius 1 is 1.11 bits per heavy atom. The first-order chi connectivity index (χ1) is 12.9. The van der Waals surface area contributed by atoms with Gasteiger partial charge in [-0.1, -0.05) is 29.3 Å². The van der Waals surface area contributed by atoms with Gasteiger partial charge in [0.1, 0.15) is 5.82 Å². The van der Waals surface area contributed by atoms with Gasteiger partial charge in [0.15, 0.2) is 0 Å². The van der Waals surface area contributed by atoms with Crippen LogP contribution in [0.15, 0.2) is 42.5 Å². The van der Waals surface area contributed by atoms with Gasteiger partial charge in [-0.2, -0.15) is 0 Å². The van der Waals surface area contributed by atoms with E-state index in [9.17, 15) is 9.18 Å². The summed E-state index contributed by atoms with van der Waals surface area (Å²) in [6, 6.07) is 11.6. The number of hydrogen-bond donors (Lipinski definition) is 1. The van der Waals surface area contributed by atoms with Crippen molar-refractivity contribution in [1.82, 2.24) is 10.2 Å². The number of halogens is 3. The molecule has 144 valence electrons. The Bertz CT molecular complexity index is 792. The topological polar surface area (TPSA) is 35.6 Å². The fraction of sp³-hybridized carbons (Fsp3) is 0.350. The van der Waals surface area contributed by atoms with E-state index in [4.69, 9.17) is 23.2 Å². The van der Waals surface area contributed by atoms with Crippen molar-refractivity contribution in [3.05, 3.63) is 63.9 Å². The molecule has 7 heteroatoms. The number of benzene rings is 2. The van der Waals surface area contributed by atoms with E-state index in [1.165, 1.54) is 12.1 Å². The zero-order valence-electron chi connectivity index (χ0n) is 15.1. The number of rotatable bonds is 5. The Labute approximate surface area is 168 Å². The third kappa shape index (κ3) is 5.34. The van der Waals surface area contributed by atoms with Gasteiger partial charge in [-0.25, -0.2) is 4.39 Å². The second-order valence-electron chi connectivity index (χ2n) is 6.69. The molecule has 1 atom stereocenters. The molecule has 4 nitrogen and oxygen atoms in total. The molecule has 0 radical (unpaired) electrons. The minimum absolute atomic E-state index is 0.0382. The molecule has 1 aliphatic rings. The SMILES string of the molecule is CC(NC(=O)CN1CCN(c2ccc(F)cc2)CC1)c1ccc(Cl)cc1Cl. The molecular formula is C20H22Cl2FN3O. The van der Waals surface area contributed by atoms with Crippen LogP contribution in [-0.2, 0) is 4.79 Å². The van der Waals surface area contributed by atoms with Gasteiger partial charge in [0, 0.05) is 41.9 Å². The molecular weight excluding hydrogens is 388 g/mol. The molecule has 0 saturated carbocycles. The first-order valence-corrected chi connectivity index (χ1v) is 9.65. The summed E-state index contributed by atoms with van der Waals surface area (Å²) >= 11 is 12.1. The predicted molar refractivity (Wildman–Crippen MR) is 108 cm³/mol. The van der Waals surface area contributed by atoms with Crippen molar-refractivity contribution in [3.63, 3.8) is 0 Å². The van der Waals surface area contributed by atoms with Crippen LogP contribution in [0.2, 0.25) is 10.0 Å². The normalized spacial score (nSPS) is 16.2. The van der Waals surface area contributed by atoms with Crippen molar-refractivity contribution in [1.29, 1.82) is 0 Å². The van der Waals surface area contributed by atoms with E-state index < -0.39 is 0 Å². The second-order valence-corrected chi connectivity index (χ2v) is 7.54. The first kappa shape index (κ1) is 19.9. The van der Waals surface area contributed by atoms with Crippen LogP contribution in [0, 0.1) is 5.82 Å². The largest absolute Gasteiger partial charge is 0.369 e. The molecule has 1 unspecified atom stereocenters. The Kier molecular flexibility index (Phi) is 6.58. The molecule has 0 bridgehead atoms. The van der Waals surface area contributed by atoms with Crippen molar-refractivity contribution in [3.8, 4) is 0 Å². The highest BCUT2D eigenvalue weighted by atomic mass is 35.5. The lowest BCUT2D eigenvalue weighted by atomic mass is 10.1. The van der Waals surface area contributed by atoms with Gasteiger partial charge in [0.25, 0.3) is 0 Å². The van der Waals surface area contributed by atoms with Crippen LogP contribution in [-0.4, -0.2) is 43.5 Å². The fourth-order valence-electron chi connectivity index (χ4n) is 3.24. The third-order valence-electron chi connectivity index (χ3n) is 4.74. The van der Waals surface area contributed by atoms with Crippen LogP contribution in [0.3, 0.4) is 0 Å². The van der Waals surface area contributed by atoms with Gasteiger partial charge in [-0.05, 0) is 48.9 Å². The molecule has 1 aliphatic heterocycles. The number of piperazine rings is 1. The summed E-state index contributed by atoms with van der Waals surface area (Å²) in [5, 5.41) is 4.10. The molecule has 1 N–H and O–H groups in total. The molecule has 1 heterocycles.